The summed E-state index contributed by atoms with van der Waals surface area (Å²) in [6.07, 6.45) is 7.34. The zero-order chi connectivity index (χ0) is 35.4. The quantitative estimate of drug-likeness (QED) is 0.186. The molecule has 6 aromatic rings. The van der Waals surface area contributed by atoms with Crippen LogP contribution in [0.5, 0.6) is 40.2 Å². The predicted octanol–water partition coefficient (Wildman–Crippen LogP) is 6.25. The largest absolute Gasteiger partial charge is 0.507 e. The van der Waals surface area contributed by atoms with Gasteiger partial charge in [-0.25, -0.2) is 0 Å². The van der Waals surface area contributed by atoms with E-state index < -0.39 is 16.6 Å². The number of pyridine rings is 2. The minimum Gasteiger partial charge on any atom is -0.507 e. The van der Waals surface area contributed by atoms with Crippen LogP contribution in [-0.2, 0) is 14.1 Å². The highest BCUT2D eigenvalue weighted by atomic mass is 16.6. The van der Waals surface area contributed by atoms with Gasteiger partial charge in [-0.2, -0.15) is 0 Å². The highest BCUT2D eigenvalue weighted by molar-refractivity contribution is 6.05. The smallest absolute Gasteiger partial charge is 0.201 e. The number of para-hydroxylation sites is 1. The first-order chi connectivity index (χ1) is 23.7. The van der Waals surface area contributed by atoms with Crippen molar-refractivity contribution in [2.24, 2.45) is 14.1 Å². The van der Waals surface area contributed by atoms with Gasteiger partial charge in [0.05, 0.1) is 50.7 Å². The first-order valence-electron chi connectivity index (χ1n) is 16.0. The third kappa shape index (κ3) is 4.35. The van der Waals surface area contributed by atoms with E-state index in [9.17, 15) is 24.9 Å². The fourth-order valence-corrected chi connectivity index (χ4v) is 7.30. The van der Waals surface area contributed by atoms with E-state index in [1.807, 2.05) is 44.5 Å². The molecule has 2 aromatic heterocycles. The van der Waals surface area contributed by atoms with Crippen LogP contribution in [0.25, 0.3) is 55.8 Å². The summed E-state index contributed by atoms with van der Waals surface area (Å²) in [6.45, 7) is 5.71. The summed E-state index contributed by atoms with van der Waals surface area (Å²) >= 11 is 0. The van der Waals surface area contributed by atoms with Gasteiger partial charge in [0.15, 0.2) is 17.1 Å². The predicted molar refractivity (Wildman–Crippen MR) is 192 cm³/mol. The molecule has 0 bridgehead atoms. The summed E-state index contributed by atoms with van der Waals surface area (Å²) < 4.78 is 28.2. The van der Waals surface area contributed by atoms with Gasteiger partial charge in [0.2, 0.25) is 10.9 Å². The van der Waals surface area contributed by atoms with Gasteiger partial charge >= 0.3 is 0 Å². The normalized spacial score (nSPS) is 17.9. The molecule has 0 fully saturated rings. The molecule has 254 valence electrons. The van der Waals surface area contributed by atoms with Gasteiger partial charge in [-0.3, -0.25) is 9.59 Å². The van der Waals surface area contributed by atoms with Gasteiger partial charge in [0, 0.05) is 37.4 Å². The Labute approximate surface area is 285 Å². The van der Waals surface area contributed by atoms with E-state index >= 15 is 0 Å². The van der Waals surface area contributed by atoms with Crippen LogP contribution < -0.4 is 29.8 Å². The van der Waals surface area contributed by atoms with E-state index in [2.05, 4.69) is 0 Å². The number of methoxy groups -OCH3 is 1. The summed E-state index contributed by atoms with van der Waals surface area (Å²) in [7, 11) is 4.98. The first-order valence-corrected chi connectivity index (χ1v) is 16.0. The molecule has 0 aliphatic carbocycles. The Morgan fingerprint density at radius 3 is 2.22 bits per heavy atom. The Hall–Kier alpha value is -6.10. The number of ether oxygens (including phenoxy) is 4. The van der Waals surface area contributed by atoms with Crippen molar-refractivity contribution in [2.75, 3.05) is 13.7 Å². The van der Waals surface area contributed by atoms with Gasteiger partial charge in [-0.1, -0.05) is 6.07 Å². The molecular formula is C39H34N2O9. The molecule has 0 amide bonds. The highest BCUT2D eigenvalue weighted by Crippen LogP contribution is 2.45. The number of aryl methyl sites for hydroxylation is 2. The third-order valence-corrected chi connectivity index (χ3v) is 9.65. The van der Waals surface area contributed by atoms with Crippen molar-refractivity contribution in [2.45, 2.75) is 32.0 Å². The monoisotopic (exact) mass is 674 g/mol. The van der Waals surface area contributed by atoms with Crippen molar-refractivity contribution in [1.29, 1.82) is 0 Å². The van der Waals surface area contributed by atoms with Gasteiger partial charge in [-0.05, 0) is 69.3 Å². The Morgan fingerprint density at radius 1 is 0.800 bits per heavy atom. The average molecular weight is 675 g/mol. The molecule has 11 heteroatoms. The van der Waals surface area contributed by atoms with Crippen LogP contribution >= 0.6 is 0 Å². The lowest BCUT2D eigenvalue weighted by atomic mass is 9.97. The number of rotatable bonds is 3. The van der Waals surface area contributed by atoms with Crippen LogP contribution in [0.15, 0.2) is 64.2 Å². The van der Waals surface area contributed by atoms with E-state index in [-0.39, 0.29) is 45.4 Å². The van der Waals surface area contributed by atoms with Gasteiger partial charge in [0.25, 0.3) is 0 Å². The molecule has 1 unspecified atom stereocenters. The zero-order valence-corrected chi connectivity index (χ0v) is 28.2. The first kappa shape index (κ1) is 31.2. The number of benzene rings is 4. The maximum absolute atomic E-state index is 13.9. The molecule has 0 saturated carbocycles. The SMILES string of the molecule is COc1cc(O)c2c(=O)c3cccc(O)c3n(C)c2c1/C=C/C1(C)COc2c(ccc3c(=O)c4c(O)cc5c(c4n(C)c23)C=CC(C)(C)O5)O1. The summed E-state index contributed by atoms with van der Waals surface area (Å²) in [4.78, 5) is 27.5. The molecule has 3 N–H and O–H groups in total. The van der Waals surface area contributed by atoms with E-state index in [1.54, 1.807) is 48.0 Å². The summed E-state index contributed by atoms with van der Waals surface area (Å²) in [5.41, 5.74) is 0.454. The number of hydrogen-bond donors (Lipinski definition) is 3. The van der Waals surface area contributed by atoms with Gasteiger partial charge in [0.1, 0.15) is 41.0 Å². The Balaban J connectivity index is 1.27. The van der Waals surface area contributed by atoms with Crippen LogP contribution in [-0.4, -0.2) is 49.4 Å². The molecule has 50 heavy (non-hydrogen) atoms. The molecule has 4 aromatic carbocycles. The second kappa shape index (κ2) is 10.4. The lowest BCUT2D eigenvalue weighted by molar-refractivity contribution is 0.0461. The maximum atomic E-state index is 13.9. The van der Waals surface area contributed by atoms with Gasteiger partial charge in [-0.15, -0.1) is 0 Å². The number of nitrogens with zero attached hydrogens (tertiary/aromatic N) is 2. The van der Waals surface area contributed by atoms with E-state index in [4.69, 9.17) is 18.9 Å². The minimum atomic E-state index is -1.02. The van der Waals surface area contributed by atoms with Crippen LogP contribution in [0.2, 0.25) is 0 Å². The molecule has 2 aliphatic rings. The minimum absolute atomic E-state index is 0.0537. The molecule has 8 rings (SSSR count). The second-order valence-corrected chi connectivity index (χ2v) is 13.6. The summed E-state index contributed by atoms with van der Waals surface area (Å²) in [5.74, 6) is 1.06. The molecule has 0 radical (unpaired) electrons. The lowest BCUT2D eigenvalue weighted by Crippen LogP contribution is -2.40. The number of hydrogen-bond acceptors (Lipinski definition) is 9. The van der Waals surface area contributed by atoms with Crippen LogP contribution in [0.4, 0.5) is 0 Å². The molecule has 0 saturated heterocycles. The van der Waals surface area contributed by atoms with E-state index in [0.29, 0.717) is 61.6 Å². The van der Waals surface area contributed by atoms with Crippen LogP contribution in [0, 0.1) is 0 Å². The fourth-order valence-electron chi connectivity index (χ4n) is 7.30. The Bertz CT molecular complexity index is 2680. The Kier molecular flexibility index (Phi) is 6.52. The lowest BCUT2D eigenvalue weighted by Gasteiger charge is -2.34. The maximum Gasteiger partial charge on any atom is 0.201 e. The summed E-state index contributed by atoms with van der Waals surface area (Å²) in [5, 5.41) is 33.5. The van der Waals surface area contributed by atoms with E-state index in [0.717, 1.165) is 0 Å². The fraction of sp³-hybridized carbons (Fsp3) is 0.231. The molecule has 0 spiro atoms. The Morgan fingerprint density at radius 2 is 1.48 bits per heavy atom. The molecule has 4 heterocycles. The molecule has 1 atom stereocenters. The number of phenolic OH excluding ortho intramolecular Hbond substituents is 3. The number of phenols is 3. The topological polar surface area (TPSA) is 142 Å². The summed E-state index contributed by atoms with van der Waals surface area (Å²) in [6, 6.07) is 10.9. The molecular weight excluding hydrogens is 640 g/mol. The van der Waals surface area contributed by atoms with Crippen molar-refractivity contribution in [1.82, 2.24) is 9.13 Å². The second-order valence-electron chi connectivity index (χ2n) is 13.6. The van der Waals surface area contributed by atoms with Crippen molar-refractivity contribution in [3.05, 3.63) is 86.2 Å². The van der Waals surface area contributed by atoms with Crippen molar-refractivity contribution < 1.29 is 34.3 Å². The van der Waals surface area contributed by atoms with Crippen LogP contribution in [0.1, 0.15) is 31.9 Å². The number of aromatic hydroxyl groups is 3. The van der Waals surface area contributed by atoms with Crippen molar-refractivity contribution in [3.63, 3.8) is 0 Å². The average Bonchev–Trinajstić information content (AvgIpc) is 3.07. The molecule has 11 nitrogen and oxygen atoms in total. The van der Waals surface area contributed by atoms with Crippen molar-refractivity contribution in [3.8, 4) is 40.2 Å². The van der Waals surface area contributed by atoms with Gasteiger partial charge < -0.3 is 43.4 Å². The highest BCUT2D eigenvalue weighted by Gasteiger charge is 2.34. The standard InChI is InChI=1S/C39H34N2O9/c1-38(2)14-12-20-28(49-38)17-25(44)30-33(20)41(5)34-22(36(30)46)10-11-26-37(34)48-18-39(3,50-26)15-13-19-27(47-6)16-24(43)29-32(19)40(4)31-21(35(29)45)8-7-9-23(31)42/h7-17,42-44H,18H2,1-6H3/b15-13+. The zero-order valence-electron chi connectivity index (χ0n) is 28.2. The molecule has 2 aliphatic heterocycles. The number of aromatic nitrogens is 2. The third-order valence-electron chi connectivity index (χ3n) is 9.65. The van der Waals surface area contributed by atoms with Crippen molar-refractivity contribution >= 4 is 55.8 Å². The van der Waals surface area contributed by atoms with Crippen LogP contribution in [0.3, 0.4) is 0 Å². The van der Waals surface area contributed by atoms with E-state index in [1.165, 1.54) is 25.3 Å². The number of fused-ring (bicyclic) bond motifs is 8.